The maximum absolute atomic E-state index is 12.8. The van der Waals surface area contributed by atoms with Gasteiger partial charge in [0, 0.05) is 30.7 Å². The Labute approximate surface area is 329 Å². The van der Waals surface area contributed by atoms with Gasteiger partial charge in [0.05, 0.1) is 31.6 Å². The van der Waals surface area contributed by atoms with Crippen molar-refractivity contribution in [2.45, 2.75) is 55.7 Å². The van der Waals surface area contributed by atoms with Gasteiger partial charge in [-0.05, 0) is 62.0 Å². The second kappa shape index (κ2) is 18.7. The van der Waals surface area contributed by atoms with E-state index in [-0.39, 0.29) is 25.4 Å². The third-order valence-corrected chi connectivity index (χ3v) is 10.5. The molecule has 0 saturated carbocycles. The maximum atomic E-state index is 12.8. The lowest BCUT2D eigenvalue weighted by atomic mass is 9.99. The summed E-state index contributed by atoms with van der Waals surface area (Å²) in [7, 11) is 1.31. The second-order valence-corrected chi connectivity index (χ2v) is 14.3. The Hall–Kier alpha value is -5.86. The van der Waals surface area contributed by atoms with Gasteiger partial charge in [-0.2, -0.15) is 4.68 Å². The first-order valence-corrected chi connectivity index (χ1v) is 19.3. The highest BCUT2D eigenvalue weighted by molar-refractivity contribution is 7.99. The number of aromatic nitrogens is 4. The third-order valence-electron chi connectivity index (χ3n) is 9.42. The molecule has 0 spiro atoms. The number of aliphatic hydroxyl groups excluding tert-OH is 1. The molecule has 5 aromatic carbocycles. The number of hydrogen-bond acceptors (Lipinski definition) is 10. The number of aliphatic hydroxyl groups is 1. The lowest BCUT2D eigenvalue weighted by Crippen LogP contribution is -2.47. The summed E-state index contributed by atoms with van der Waals surface area (Å²) in [5.74, 6) is 0.0907. The first-order valence-electron chi connectivity index (χ1n) is 18.3. The van der Waals surface area contributed by atoms with E-state index >= 15 is 0 Å². The summed E-state index contributed by atoms with van der Waals surface area (Å²) in [6.07, 6.45) is -0.0929. The van der Waals surface area contributed by atoms with Gasteiger partial charge >= 0.3 is 12.0 Å². The number of amides is 2. The standard InChI is InChI=1S/C43H42N6O6S/c1-53-40(51)38(24-29-9-4-2-5-10-29)45-42(52)44-26-31-11-8-12-35(23-31)32-19-21-34(22-20-32)41-54-37(25-39(55-41)33-17-15-30(27-50)16-18-33)28-56-43-46-47-48-49(43)36-13-6-3-7-14-36/h2-23,37-39,41,50H,24-28H2,1H3,(H2,44,45,52)/t37-,38+,39+,41+/m1/s1. The zero-order valence-electron chi connectivity index (χ0n) is 30.7. The second-order valence-electron chi connectivity index (χ2n) is 13.3. The minimum absolute atomic E-state index is 0.0271. The molecule has 1 aliphatic rings. The van der Waals surface area contributed by atoms with Crippen LogP contribution < -0.4 is 10.6 Å². The number of nitrogens with zero attached hydrogens (tertiary/aromatic N) is 4. The number of rotatable bonds is 14. The molecule has 12 nitrogen and oxygen atoms in total. The van der Waals surface area contributed by atoms with E-state index in [4.69, 9.17) is 14.2 Å². The summed E-state index contributed by atoms with van der Waals surface area (Å²) < 4.78 is 19.8. The zero-order valence-corrected chi connectivity index (χ0v) is 31.5. The molecule has 13 heteroatoms. The fourth-order valence-corrected chi connectivity index (χ4v) is 7.37. The van der Waals surface area contributed by atoms with Crippen LogP contribution in [0.3, 0.4) is 0 Å². The van der Waals surface area contributed by atoms with Crippen LogP contribution in [0, 0.1) is 0 Å². The average Bonchev–Trinajstić information content (AvgIpc) is 3.74. The van der Waals surface area contributed by atoms with Crippen molar-refractivity contribution in [3.05, 3.63) is 161 Å². The fraction of sp³-hybridized carbons (Fsp3) is 0.233. The van der Waals surface area contributed by atoms with Gasteiger partial charge in [0.15, 0.2) is 6.29 Å². The van der Waals surface area contributed by atoms with Crippen molar-refractivity contribution in [2.75, 3.05) is 12.9 Å². The summed E-state index contributed by atoms with van der Waals surface area (Å²) in [4.78, 5) is 25.3. The molecule has 0 bridgehead atoms. The van der Waals surface area contributed by atoms with Crippen molar-refractivity contribution in [3.8, 4) is 16.8 Å². The highest BCUT2D eigenvalue weighted by Crippen LogP contribution is 2.40. The molecule has 3 N–H and O–H groups in total. The Morgan fingerprint density at radius 2 is 1.55 bits per heavy atom. The van der Waals surface area contributed by atoms with Crippen LogP contribution in [0.1, 0.15) is 46.6 Å². The molecule has 1 saturated heterocycles. The Kier molecular flexibility index (Phi) is 12.8. The average molecular weight is 771 g/mol. The van der Waals surface area contributed by atoms with E-state index in [0.717, 1.165) is 44.6 Å². The van der Waals surface area contributed by atoms with Gasteiger partial charge in [-0.25, -0.2) is 9.59 Å². The molecule has 286 valence electrons. The molecule has 0 aliphatic carbocycles. The number of tetrazole rings is 1. The predicted octanol–water partition coefficient (Wildman–Crippen LogP) is 6.74. The molecule has 0 unspecified atom stereocenters. The number of esters is 1. The zero-order chi connectivity index (χ0) is 38.7. The Bertz CT molecular complexity index is 2190. The first-order chi connectivity index (χ1) is 27.4. The molecule has 0 radical (unpaired) electrons. The van der Waals surface area contributed by atoms with E-state index in [1.807, 2.05) is 133 Å². The molecule has 2 amide bonds. The number of methoxy groups -OCH3 is 1. The number of benzene rings is 5. The van der Waals surface area contributed by atoms with Crippen LogP contribution in [0.4, 0.5) is 4.79 Å². The summed E-state index contributed by atoms with van der Waals surface area (Å²) in [6, 6.07) is 41.8. The van der Waals surface area contributed by atoms with Crippen LogP contribution in [-0.2, 0) is 38.6 Å². The number of thioether (sulfide) groups is 1. The van der Waals surface area contributed by atoms with Gasteiger partial charge < -0.3 is 30.0 Å². The van der Waals surface area contributed by atoms with Crippen LogP contribution >= 0.6 is 11.8 Å². The lowest BCUT2D eigenvalue weighted by molar-refractivity contribution is -0.245. The van der Waals surface area contributed by atoms with Crippen LogP contribution in [0.15, 0.2) is 139 Å². The molecule has 1 aliphatic heterocycles. The van der Waals surface area contributed by atoms with E-state index in [1.165, 1.54) is 18.9 Å². The predicted molar refractivity (Wildman–Crippen MR) is 211 cm³/mol. The number of urea groups is 1. The molecule has 1 aromatic heterocycles. The van der Waals surface area contributed by atoms with Crippen molar-refractivity contribution in [1.82, 2.24) is 30.8 Å². The SMILES string of the molecule is COC(=O)[C@H](Cc1ccccc1)NC(=O)NCc1cccc(-c2ccc([C@H]3O[C@@H](CSc4nnnn4-c4ccccc4)C[C@@H](c4ccc(CO)cc4)O3)cc2)c1. The fourth-order valence-electron chi connectivity index (χ4n) is 6.46. The van der Waals surface area contributed by atoms with Gasteiger partial charge in [-0.3, -0.25) is 0 Å². The molecular weight excluding hydrogens is 729 g/mol. The molecular formula is C43H42N6O6S. The molecule has 2 heterocycles. The monoisotopic (exact) mass is 770 g/mol. The summed E-state index contributed by atoms with van der Waals surface area (Å²) in [5, 5.41) is 28.2. The molecule has 1 fully saturated rings. The van der Waals surface area contributed by atoms with Crippen molar-refractivity contribution >= 4 is 23.8 Å². The van der Waals surface area contributed by atoms with E-state index in [0.29, 0.717) is 23.8 Å². The van der Waals surface area contributed by atoms with E-state index in [1.54, 1.807) is 4.68 Å². The number of carbonyl (C=O) groups is 2. The highest BCUT2D eigenvalue weighted by Gasteiger charge is 2.33. The molecule has 6 aromatic rings. The Balaban J connectivity index is 1.01. The minimum atomic E-state index is -0.820. The lowest BCUT2D eigenvalue weighted by Gasteiger charge is -2.36. The number of hydrogen-bond donors (Lipinski definition) is 3. The van der Waals surface area contributed by atoms with Crippen LogP contribution in [0.25, 0.3) is 16.8 Å². The Morgan fingerprint density at radius 3 is 2.29 bits per heavy atom. The highest BCUT2D eigenvalue weighted by atomic mass is 32.2. The summed E-state index contributed by atoms with van der Waals surface area (Å²) in [5.41, 5.74) is 7.37. The van der Waals surface area contributed by atoms with Crippen molar-refractivity contribution < 1.29 is 28.9 Å². The summed E-state index contributed by atoms with van der Waals surface area (Å²) >= 11 is 1.53. The topological polar surface area (TPSA) is 150 Å². The first kappa shape index (κ1) is 38.4. The van der Waals surface area contributed by atoms with E-state index < -0.39 is 24.3 Å². The van der Waals surface area contributed by atoms with Crippen molar-refractivity contribution in [1.29, 1.82) is 0 Å². The minimum Gasteiger partial charge on any atom is -0.467 e. The van der Waals surface area contributed by atoms with Gasteiger partial charge in [0.1, 0.15) is 6.04 Å². The van der Waals surface area contributed by atoms with Gasteiger partial charge in [-0.15, -0.1) is 5.10 Å². The van der Waals surface area contributed by atoms with Crippen molar-refractivity contribution in [3.63, 3.8) is 0 Å². The van der Waals surface area contributed by atoms with Crippen molar-refractivity contribution in [2.24, 2.45) is 0 Å². The van der Waals surface area contributed by atoms with Crippen LogP contribution in [0.2, 0.25) is 0 Å². The van der Waals surface area contributed by atoms with Gasteiger partial charge in [-0.1, -0.05) is 127 Å². The molecule has 56 heavy (non-hydrogen) atoms. The van der Waals surface area contributed by atoms with E-state index in [2.05, 4.69) is 26.2 Å². The maximum Gasteiger partial charge on any atom is 0.328 e. The Morgan fingerprint density at radius 1 is 0.839 bits per heavy atom. The van der Waals surface area contributed by atoms with Crippen LogP contribution in [0.5, 0.6) is 0 Å². The number of ether oxygens (including phenoxy) is 3. The van der Waals surface area contributed by atoms with Gasteiger partial charge in [0.25, 0.3) is 0 Å². The summed E-state index contributed by atoms with van der Waals surface area (Å²) in [6.45, 7) is 0.235. The normalized spacial score (nSPS) is 17.1. The quantitative estimate of drug-likeness (QED) is 0.0803. The van der Waals surface area contributed by atoms with E-state index in [9.17, 15) is 14.7 Å². The number of nitrogens with one attached hydrogen (secondary N) is 2. The smallest absolute Gasteiger partial charge is 0.328 e. The number of carbonyl (C=O) groups excluding carboxylic acids is 2. The third kappa shape index (κ3) is 9.86. The largest absolute Gasteiger partial charge is 0.467 e. The van der Waals surface area contributed by atoms with Gasteiger partial charge in [0.2, 0.25) is 5.16 Å². The number of para-hydroxylation sites is 1. The molecule has 4 atom stereocenters. The van der Waals surface area contributed by atoms with Crippen LogP contribution in [-0.4, -0.2) is 62.3 Å². The molecule has 7 rings (SSSR count).